The first-order valence-electron chi connectivity index (χ1n) is 6.83. The van der Waals surface area contributed by atoms with Gasteiger partial charge in [0.1, 0.15) is 0 Å². The summed E-state index contributed by atoms with van der Waals surface area (Å²) in [6.45, 7) is 6.83. The van der Waals surface area contributed by atoms with E-state index in [0.29, 0.717) is 6.04 Å². The largest absolute Gasteiger partial charge is 0.368 e. The van der Waals surface area contributed by atoms with Crippen molar-refractivity contribution in [3.63, 3.8) is 0 Å². The maximum absolute atomic E-state index is 3.57. The number of nitrogens with one attached hydrogen (secondary N) is 1. The van der Waals surface area contributed by atoms with Gasteiger partial charge in [0, 0.05) is 29.3 Å². The predicted octanol–water partition coefficient (Wildman–Crippen LogP) is 3.79. The zero-order valence-electron chi connectivity index (χ0n) is 11.5. The molecule has 1 aliphatic heterocycles. The number of rotatable bonds is 3. The van der Waals surface area contributed by atoms with Gasteiger partial charge in [-0.15, -0.1) is 0 Å². The first-order chi connectivity index (χ1) is 8.63. The summed E-state index contributed by atoms with van der Waals surface area (Å²) < 4.78 is 1.16. The summed E-state index contributed by atoms with van der Waals surface area (Å²) in [4.78, 5) is 2.58. The average Bonchev–Trinajstić information content (AvgIpc) is 2.34. The Kier molecular flexibility index (Phi) is 4.68. The third-order valence-electron chi connectivity index (χ3n) is 4.09. The average molecular weight is 311 g/mol. The zero-order chi connectivity index (χ0) is 13.1. The second-order valence-corrected chi connectivity index (χ2v) is 6.27. The van der Waals surface area contributed by atoms with Crippen LogP contribution in [0.3, 0.4) is 0 Å². The molecular formula is C15H23BrN2. The van der Waals surface area contributed by atoms with Crippen molar-refractivity contribution >= 4 is 21.6 Å². The fourth-order valence-corrected chi connectivity index (χ4v) is 3.25. The highest BCUT2D eigenvalue weighted by molar-refractivity contribution is 9.10. The van der Waals surface area contributed by atoms with Gasteiger partial charge >= 0.3 is 0 Å². The molecule has 2 atom stereocenters. The Morgan fingerprint density at radius 3 is 2.89 bits per heavy atom. The van der Waals surface area contributed by atoms with E-state index in [9.17, 15) is 0 Å². The summed E-state index contributed by atoms with van der Waals surface area (Å²) in [5.41, 5.74) is 2.78. The third-order valence-corrected chi connectivity index (χ3v) is 4.59. The van der Waals surface area contributed by atoms with Gasteiger partial charge in [-0.3, -0.25) is 0 Å². The van der Waals surface area contributed by atoms with Crippen molar-refractivity contribution in [1.82, 2.24) is 5.32 Å². The molecule has 0 aliphatic carbocycles. The van der Waals surface area contributed by atoms with Gasteiger partial charge in [0.25, 0.3) is 0 Å². The fraction of sp³-hybridized carbons (Fsp3) is 0.600. The van der Waals surface area contributed by atoms with E-state index in [-0.39, 0.29) is 0 Å². The van der Waals surface area contributed by atoms with Crippen molar-refractivity contribution < 1.29 is 0 Å². The molecule has 1 aromatic carbocycles. The van der Waals surface area contributed by atoms with Crippen molar-refractivity contribution in [2.45, 2.75) is 39.3 Å². The summed E-state index contributed by atoms with van der Waals surface area (Å²) >= 11 is 3.57. The van der Waals surface area contributed by atoms with E-state index in [1.165, 1.54) is 30.6 Å². The van der Waals surface area contributed by atoms with Crippen LogP contribution < -0.4 is 10.2 Å². The molecule has 2 nitrogen and oxygen atoms in total. The van der Waals surface area contributed by atoms with Crippen molar-refractivity contribution in [2.75, 3.05) is 18.5 Å². The summed E-state index contributed by atoms with van der Waals surface area (Å²) in [5.74, 6) is 0.782. The molecule has 1 aromatic rings. The summed E-state index contributed by atoms with van der Waals surface area (Å²) in [7, 11) is 2.01. The third kappa shape index (κ3) is 2.89. The van der Waals surface area contributed by atoms with Crippen LogP contribution in [0.15, 0.2) is 22.7 Å². The van der Waals surface area contributed by atoms with Gasteiger partial charge in [-0.25, -0.2) is 0 Å². The maximum Gasteiger partial charge on any atom is 0.0415 e. The van der Waals surface area contributed by atoms with E-state index in [1.807, 2.05) is 7.05 Å². The monoisotopic (exact) mass is 310 g/mol. The van der Waals surface area contributed by atoms with E-state index in [0.717, 1.165) is 16.9 Å². The van der Waals surface area contributed by atoms with Gasteiger partial charge in [0.2, 0.25) is 0 Å². The molecule has 0 spiro atoms. The van der Waals surface area contributed by atoms with Crippen LogP contribution in [-0.2, 0) is 6.54 Å². The quantitative estimate of drug-likeness (QED) is 0.913. The smallest absolute Gasteiger partial charge is 0.0415 e. The lowest BCUT2D eigenvalue weighted by atomic mass is 9.91. The number of piperidine rings is 1. The molecule has 3 heteroatoms. The zero-order valence-corrected chi connectivity index (χ0v) is 13.1. The molecule has 0 amide bonds. The summed E-state index contributed by atoms with van der Waals surface area (Å²) in [6.07, 6.45) is 2.66. The lowest BCUT2D eigenvalue weighted by molar-refractivity contribution is 0.363. The maximum atomic E-state index is 3.57. The fourth-order valence-electron chi connectivity index (χ4n) is 2.84. The van der Waals surface area contributed by atoms with Crippen molar-refractivity contribution in [3.05, 3.63) is 28.2 Å². The van der Waals surface area contributed by atoms with Crippen molar-refractivity contribution in [2.24, 2.45) is 5.92 Å². The van der Waals surface area contributed by atoms with Gasteiger partial charge in [0.05, 0.1) is 0 Å². The molecule has 0 radical (unpaired) electrons. The van der Waals surface area contributed by atoms with Gasteiger partial charge in [-0.05, 0) is 56.5 Å². The van der Waals surface area contributed by atoms with Gasteiger partial charge in [0.15, 0.2) is 0 Å². The first-order valence-corrected chi connectivity index (χ1v) is 7.62. The SMILES string of the molecule is CNCc1cc(Br)ccc1N1CCCC(C)C1C. The Balaban J connectivity index is 2.31. The topological polar surface area (TPSA) is 15.3 Å². The minimum Gasteiger partial charge on any atom is -0.368 e. The van der Waals surface area contributed by atoms with E-state index < -0.39 is 0 Å². The van der Waals surface area contributed by atoms with Crippen LogP contribution in [0.2, 0.25) is 0 Å². The lowest BCUT2D eigenvalue weighted by Gasteiger charge is -2.40. The second-order valence-electron chi connectivity index (χ2n) is 5.36. The molecule has 0 bridgehead atoms. The van der Waals surface area contributed by atoms with E-state index in [4.69, 9.17) is 0 Å². The molecule has 18 heavy (non-hydrogen) atoms. The Bertz CT molecular complexity index is 405. The van der Waals surface area contributed by atoms with Crippen LogP contribution in [0, 0.1) is 5.92 Å². The number of benzene rings is 1. The van der Waals surface area contributed by atoms with E-state index >= 15 is 0 Å². The molecule has 1 saturated heterocycles. The molecule has 2 unspecified atom stereocenters. The molecule has 1 fully saturated rings. The number of nitrogens with zero attached hydrogens (tertiary/aromatic N) is 1. The molecular weight excluding hydrogens is 288 g/mol. The highest BCUT2D eigenvalue weighted by Gasteiger charge is 2.26. The number of halogens is 1. The second kappa shape index (κ2) is 6.07. The van der Waals surface area contributed by atoms with Crippen molar-refractivity contribution in [1.29, 1.82) is 0 Å². The Morgan fingerprint density at radius 2 is 2.17 bits per heavy atom. The van der Waals surface area contributed by atoms with E-state index in [1.54, 1.807) is 0 Å². The molecule has 0 saturated carbocycles. The van der Waals surface area contributed by atoms with Crippen LogP contribution in [0.4, 0.5) is 5.69 Å². The van der Waals surface area contributed by atoms with Crippen LogP contribution in [0.5, 0.6) is 0 Å². The van der Waals surface area contributed by atoms with Crippen LogP contribution >= 0.6 is 15.9 Å². The van der Waals surface area contributed by atoms with Crippen LogP contribution in [0.1, 0.15) is 32.3 Å². The van der Waals surface area contributed by atoms with Gasteiger partial charge in [-0.1, -0.05) is 22.9 Å². The highest BCUT2D eigenvalue weighted by Crippen LogP contribution is 2.32. The minimum atomic E-state index is 0.635. The summed E-state index contributed by atoms with van der Waals surface area (Å²) in [5, 5.41) is 3.27. The molecule has 1 aliphatic rings. The standard InChI is InChI=1S/C15H23BrN2/c1-11-5-4-8-18(12(11)2)15-7-6-14(16)9-13(15)10-17-3/h6-7,9,11-12,17H,4-5,8,10H2,1-3H3. The number of hydrogen-bond acceptors (Lipinski definition) is 2. The highest BCUT2D eigenvalue weighted by atomic mass is 79.9. The van der Waals surface area contributed by atoms with Gasteiger partial charge < -0.3 is 10.2 Å². The first kappa shape index (κ1) is 13.9. The molecule has 100 valence electrons. The Labute approximate surface area is 119 Å². The minimum absolute atomic E-state index is 0.635. The number of anilines is 1. The Hall–Kier alpha value is -0.540. The Morgan fingerprint density at radius 1 is 1.39 bits per heavy atom. The molecule has 1 heterocycles. The lowest BCUT2D eigenvalue weighted by Crippen LogP contribution is -2.43. The summed E-state index contributed by atoms with van der Waals surface area (Å²) in [6, 6.07) is 7.28. The molecule has 2 rings (SSSR count). The molecule has 1 N–H and O–H groups in total. The molecule has 0 aromatic heterocycles. The van der Waals surface area contributed by atoms with Crippen molar-refractivity contribution in [3.8, 4) is 0 Å². The predicted molar refractivity (Wildman–Crippen MR) is 82.1 cm³/mol. The van der Waals surface area contributed by atoms with Crippen LogP contribution in [-0.4, -0.2) is 19.6 Å². The normalized spacial score (nSPS) is 24.3. The van der Waals surface area contributed by atoms with Gasteiger partial charge in [-0.2, -0.15) is 0 Å². The number of hydrogen-bond donors (Lipinski definition) is 1. The van der Waals surface area contributed by atoms with E-state index in [2.05, 4.69) is 58.2 Å². The van der Waals surface area contributed by atoms with Crippen LogP contribution in [0.25, 0.3) is 0 Å².